The Morgan fingerprint density at radius 3 is 2.15 bits per heavy atom. The van der Waals surface area contributed by atoms with Crippen molar-refractivity contribution in [2.75, 3.05) is 13.1 Å². The maximum absolute atomic E-state index is 12.5. The van der Waals surface area contributed by atoms with Crippen molar-refractivity contribution >= 4 is 21.6 Å². The van der Waals surface area contributed by atoms with Crippen molar-refractivity contribution < 1.29 is 18.3 Å². The Morgan fingerprint density at radius 2 is 1.56 bits per heavy atom. The minimum Gasteiger partial charge on any atom is -0.508 e. The van der Waals surface area contributed by atoms with Crippen molar-refractivity contribution in [3.8, 4) is 5.75 Å². The first-order chi connectivity index (χ1) is 12.9. The fourth-order valence-electron chi connectivity index (χ4n) is 2.82. The number of carbonyl (C=O) groups excluding carboxylic acids is 1. The van der Waals surface area contributed by atoms with Crippen LogP contribution in [-0.2, 0) is 10.0 Å². The molecule has 0 aromatic heterocycles. The van der Waals surface area contributed by atoms with Gasteiger partial charge in [-0.1, -0.05) is 0 Å². The smallest absolute Gasteiger partial charge is 0.271 e. The molecule has 142 valence electrons. The van der Waals surface area contributed by atoms with Crippen molar-refractivity contribution in [3.05, 3.63) is 59.7 Å². The lowest BCUT2D eigenvalue weighted by Gasteiger charge is -2.15. The lowest BCUT2D eigenvalue weighted by molar-refractivity contribution is 0.0954. The molecule has 1 aliphatic rings. The second-order valence-electron chi connectivity index (χ2n) is 6.32. The molecule has 2 N–H and O–H groups in total. The fourth-order valence-corrected chi connectivity index (χ4v) is 4.34. The van der Waals surface area contributed by atoms with E-state index in [1.807, 2.05) is 0 Å². The zero-order valence-corrected chi connectivity index (χ0v) is 15.7. The average molecular weight is 387 g/mol. The number of hydrogen-bond donors (Lipinski definition) is 2. The number of phenolic OH excluding ortho intramolecular Hbond substituents is 1. The Morgan fingerprint density at radius 1 is 1.00 bits per heavy atom. The number of phenols is 1. The van der Waals surface area contributed by atoms with Gasteiger partial charge in [0.25, 0.3) is 5.91 Å². The molecule has 0 spiro atoms. The molecule has 0 aliphatic carbocycles. The Labute approximate surface area is 158 Å². The molecule has 1 aliphatic heterocycles. The topological polar surface area (TPSA) is 99.1 Å². The van der Waals surface area contributed by atoms with Crippen LogP contribution in [0.3, 0.4) is 0 Å². The highest BCUT2D eigenvalue weighted by Crippen LogP contribution is 2.21. The van der Waals surface area contributed by atoms with E-state index in [0.29, 0.717) is 24.4 Å². The average Bonchev–Trinajstić information content (AvgIpc) is 3.22. The lowest BCUT2D eigenvalue weighted by Crippen LogP contribution is -2.28. The van der Waals surface area contributed by atoms with Gasteiger partial charge in [0, 0.05) is 18.7 Å². The van der Waals surface area contributed by atoms with Crippen LogP contribution in [0.1, 0.15) is 35.7 Å². The minimum absolute atomic E-state index is 0.152. The zero-order valence-electron chi connectivity index (χ0n) is 14.9. The molecule has 0 radical (unpaired) electrons. The van der Waals surface area contributed by atoms with Gasteiger partial charge < -0.3 is 5.11 Å². The number of nitrogens with one attached hydrogen (secondary N) is 1. The molecule has 3 rings (SSSR count). The molecular formula is C19H21N3O4S. The van der Waals surface area contributed by atoms with Gasteiger partial charge in [-0.3, -0.25) is 4.79 Å². The Hall–Kier alpha value is -2.71. The quantitative estimate of drug-likeness (QED) is 0.608. The van der Waals surface area contributed by atoms with Gasteiger partial charge in [0.15, 0.2) is 0 Å². The normalized spacial score (nSPS) is 15.7. The van der Waals surface area contributed by atoms with Crippen molar-refractivity contribution in [1.82, 2.24) is 9.73 Å². The van der Waals surface area contributed by atoms with Crippen molar-refractivity contribution in [2.24, 2.45) is 5.10 Å². The molecule has 0 saturated carbocycles. The molecule has 1 fully saturated rings. The molecule has 0 atom stereocenters. The third-order valence-electron chi connectivity index (χ3n) is 4.43. The van der Waals surface area contributed by atoms with Crippen LogP contribution in [0, 0.1) is 0 Å². The number of rotatable bonds is 5. The maximum atomic E-state index is 12.5. The van der Waals surface area contributed by atoms with E-state index < -0.39 is 15.9 Å². The van der Waals surface area contributed by atoms with E-state index in [2.05, 4.69) is 10.5 Å². The summed E-state index contributed by atoms with van der Waals surface area (Å²) in [6.45, 7) is 2.81. The lowest BCUT2D eigenvalue weighted by atomic mass is 10.1. The first-order valence-electron chi connectivity index (χ1n) is 8.62. The van der Waals surface area contributed by atoms with Crippen LogP contribution in [0.5, 0.6) is 5.75 Å². The van der Waals surface area contributed by atoms with E-state index in [1.54, 1.807) is 19.1 Å². The van der Waals surface area contributed by atoms with Gasteiger partial charge in [0.2, 0.25) is 10.0 Å². The van der Waals surface area contributed by atoms with Gasteiger partial charge >= 0.3 is 0 Å². The van der Waals surface area contributed by atoms with Crippen LogP contribution in [0.25, 0.3) is 0 Å². The fraction of sp³-hybridized carbons (Fsp3) is 0.263. The van der Waals surface area contributed by atoms with Gasteiger partial charge in [-0.2, -0.15) is 9.41 Å². The summed E-state index contributed by atoms with van der Waals surface area (Å²) in [5.74, 6) is -0.280. The summed E-state index contributed by atoms with van der Waals surface area (Å²) in [6, 6.07) is 12.3. The molecule has 0 unspecified atom stereocenters. The van der Waals surface area contributed by atoms with E-state index in [1.165, 1.54) is 40.7 Å². The van der Waals surface area contributed by atoms with Crippen molar-refractivity contribution in [2.45, 2.75) is 24.7 Å². The number of aromatic hydroxyl groups is 1. The molecule has 1 heterocycles. The number of hydrazone groups is 1. The summed E-state index contributed by atoms with van der Waals surface area (Å²) in [5, 5.41) is 13.3. The Bertz CT molecular complexity index is 945. The van der Waals surface area contributed by atoms with Crippen LogP contribution in [-0.4, -0.2) is 42.5 Å². The molecule has 7 nitrogen and oxygen atoms in total. The summed E-state index contributed by atoms with van der Waals surface area (Å²) in [4.78, 5) is 12.4. The molecule has 2 aromatic rings. The second-order valence-corrected chi connectivity index (χ2v) is 8.26. The van der Waals surface area contributed by atoms with E-state index in [-0.39, 0.29) is 10.6 Å². The van der Waals surface area contributed by atoms with E-state index in [4.69, 9.17) is 0 Å². The number of carbonyl (C=O) groups is 1. The highest BCUT2D eigenvalue weighted by molar-refractivity contribution is 7.89. The van der Waals surface area contributed by atoms with Gasteiger partial charge in [-0.05, 0) is 73.9 Å². The van der Waals surface area contributed by atoms with Gasteiger partial charge in [0.1, 0.15) is 5.75 Å². The van der Waals surface area contributed by atoms with Crippen LogP contribution in [0.2, 0.25) is 0 Å². The highest BCUT2D eigenvalue weighted by Gasteiger charge is 2.27. The first kappa shape index (κ1) is 19.1. The van der Waals surface area contributed by atoms with Crippen LogP contribution in [0.15, 0.2) is 58.5 Å². The predicted octanol–water partition coefficient (Wildman–Crippen LogP) is 2.33. The molecule has 1 amide bonds. The number of amides is 1. The summed E-state index contributed by atoms with van der Waals surface area (Å²) in [7, 11) is -3.49. The second kappa shape index (κ2) is 7.89. The summed E-state index contributed by atoms with van der Waals surface area (Å²) in [6.07, 6.45) is 1.75. The van der Waals surface area contributed by atoms with E-state index in [0.717, 1.165) is 18.4 Å². The minimum atomic E-state index is -3.49. The zero-order chi connectivity index (χ0) is 19.4. The number of nitrogens with zero attached hydrogens (tertiary/aromatic N) is 2. The monoisotopic (exact) mass is 387 g/mol. The van der Waals surface area contributed by atoms with E-state index in [9.17, 15) is 18.3 Å². The van der Waals surface area contributed by atoms with E-state index >= 15 is 0 Å². The third-order valence-corrected chi connectivity index (χ3v) is 6.34. The molecule has 8 heteroatoms. The highest BCUT2D eigenvalue weighted by atomic mass is 32.2. The van der Waals surface area contributed by atoms with Gasteiger partial charge in [-0.15, -0.1) is 0 Å². The predicted molar refractivity (Wildman–Crippen MR) is 102 cm³/mol. The van der Waals surface area contributed by atoms with Crippen LogP contribution in [0.4, 0.5) is 0 Å². The van der Waals surface area contributed by atoms with Crippen molar-refractivity contribution in [3.63, 3.8) is 0 Å². The summed E-state index contributed by atoms with van der Waals surface area (Å²) < 4.78 is 26.5. The van der Waals surface area contributed by atoms with Crippen molar-refractivity contribution in [1.29, 1.82) is 0 Å². The number of hydrogen-bond acceptors (Lipinski definition) is 5. The van der Waals surface area contributed by atoms with Gasteiger partial charge in [-0.25, -0.2) is 13.8 Å². The number of sulfonamides is 1. The molecule has 1 saturated heterocycles. The standard InChI is InChI=1S/C19H21N3O4S/c1-14(15-4-8-17(23)9-5-15)20-21-19(24)16-6-10-18(11-7-16)27(25,26)22-12-2-3-13-22/h4-11,23H,2-3,12-13H2,1H3,(H,21,24)/b20-14+. The Kier molecular flexibility index (Phi) is 5.57. The SMILES string of the molecule is C/C(=N\NC(=O)c1ccc(S(=O)(=O)N2CCCC2)cc1)c1ccc(O)cc1. The molecule has 2 aromatic carbocycles. The molecule has 27 heavy (non-hydrogen) atoms. The number of benzene rings is 2. The summed E-state index contributed by atoms with van der Waals surface area (Å²) >= 11 is 0. The maximum Gasteiger partial charge on any atom is 0.271 e. The molecule has 0 bridgehead atoms. The van der Waals surface area contributed by atoms with Gasteiger partial charge in [0.05, 0.1) is 10.6 Å². The third kappa shape index (κ3) is 4.35. The van der Waals surface area contributed by atoms with Crippen LogP contribution < -0.4 is 5.43 Å². The summed E-state index contributed by atoms with van der Waals surface area (Å²) in [5.41, 5.74) is 4.11. The Balaban J connectivity index is 1.68. The molecular weight excluding hydrogens is 366 g/mol. The largest absolute Gasteiger partial charge is 0.508 e. The van der Waals surface area contributed by atoms with Crippen LogP contribution >= 0.6 is 0 Å². The first-order valence-corrected chi connectivity index (χ1v) is 10.1.